The number of nitrogens with zero attached hydrogens (tertiary/aromatic N) is 6. The van der Waals surface area contributed by atoms with E-state index in [1.54, 1.807) is 25.7 Å². The van der Waals surface area contributed by atoms with Crippen molar-refractivity contribution in [1.82, 2.24) is 28.6 Å². The van der Waals surface area contributed by atoms with Gasteiger partial charge in [0.1, 0.15) is 12.2 Å². The van der Waals surface area contributed by atoms with E-state index in [1.807, 2.05) is 36.7 Å². The summed E-state index contributed by atoms with van der Waals surface area (Å²) in [4.78, 5) is 15.8. The smallest absolute Gasteiger partial charge is 0.378 e. The molecule has 0 radical (unpaired) electrons. The molecular weight excluding hydrogens is 533 g/mol. The zero-order valence-electron chi connectivity index (χ0n) is 23.8. The summed E-state index contributed by atoms with van der Waals surface area (Å²) < 4.78 is 52.9. The van der Waals surface area contributed by atoms with Crippen LogP contribution in [-0.4, -0.2) is 54.4 Å². The lowest BCUT2D eigenvalue weighted by molar-refractivity contribution is -0.136. The number of imidazole rings is 1. The first-order valence-electron chi connectivity index (χ1n) is 14.0. The highest BCUT2D eigenvalue weighted by molar-refractivity contribution is 5.58. The van der Waals surface area contributed by atoms with Crippen LogP contribution >= 0.6 is 0 Å². The molecular formula is C30H35F3N6O2. The second kappa shape index (κ2) is 9.84. The van der Waals surface area contributed by atoms with Crippen molar-refractivity contribution in [3.8, 4) is 5.69 Å². The quantitative estimate of drug-likeness (QED) is 0.329. The number of halogens is 3. The van der Waals surface area contributed by atoms with Crippen LogP contribution in [0, 0.1) is 5.92 Å². The molecule has 1 aromatic carbocycles. The summed E-state index contributed by atoms with van der Waals surface area (Å²) in [6.07, 6.45) is 3.33. The summed E-state index contributed by atoms with van der Waals surface area (Å²) >= 11 is 0. The number of fused-ring (bicyclic) bond motifs is 1. The van der Waals surface area contributed by atoms with Crippen molar-refractivity contribution in [1.29, 1.82) is 0 Å². The molecule has 1 saturated heterocycles. The van der Waals surface area contributed by atoms with E-state index in [2.05, 4.69) is 22.0 Å². The Morgan fingerprint density at radius 3 is 2.61 bits per heavy atom. The minimum Gasteiger partial charge on any atom is -0.378 e. The van der Waals surface area contributed by atoms with Crippen molar-refractivity contribution >= 4 is 5.52 Å². The Labute approximate surface area is 236 Å². The van der Waals surface area contributed by atoms with Crippen LogP contribution < -0.4 is 5.69 Å². The van der Waals surface area contributed by atoms with Crippen LogP contribution in [0.5, 0.6) is 0 Å². The summed E-state index contributed by atoms with van der Waals surface area (Å²) in [7, 11) is 3.57. The molecule has 4 heterocycles. The fourth-order valence-electron chi connectivity index (χ4n) is 6.96. The molecule has 0 spiro atoms. The van der Waals surface area contributed by atoms with Crippen LogP contribution in [0.25, 0.3) is 11.2 Å². The first-order valence-corrected chi connectivity index (χ1v) is 14.0. The third-order valence-corrected chi connectivity index (χ3v) is 8.94. The van der Waals surface area contributed by atoms with Crippen LogP contribution in [0.1, 0.15) is 62.0 Å². The summed E-state index contributed by atoms with van der Waals surface area (Å²) in [5.74, 6) is 1.27. The number of pyridine rings is 1. The zero-order chi connectivity index (χ0) is 29.2. The molecule has 41 heavy (non-hydrogen) atoms. The van der Waals surface area contributed by atoms with Crippen molar-refractivity contribution in [2.24, 2.45) is 13.0 Å². The molecule has 0 amide bonds. The van der Waals surface area contributed by atoms with Crippen molar-refractivity contribution in [3.05, 3.63) is 82.1 Å². The normalized spacial score (nSPS) is 25.5. The van der Waals surface area contributed by atoms with Gasteiger partial charge in [0.25, 0.3) is 0 Å². The van der Waals surface area contributed by atoms with Crippen molar-refractivity contribution in [3.63, 3.8) is 0 Å². The first kappa shape index (κ1) is 27.7. The van der Waals surface area contributed by atoms with Crippen LogP contribution in [0.4, 0.5) is 13.2 Å². The number of likely N-dealkylation sites (tertiary alicyclic amines) is 1. The summed E-state index contributed by atoms with van der Waals surface area (Å²) in [6.45, 7) is 6.23. The van der Waals surface area contributed by atoms with Crippen molar-refractivity contribution < 1.29 is 17.9 Å². The van der Waals surface area contributed by atoms with Gasteiger partial charge in [-0.25, -0.2) is 4.79 Å². The number of rotatable bonds is 6. The minimum absolute atomic E-state index is 0.165. The molecule has 3 aromatic heterocycles. The Hall–Kier alpha value is -3.44. The third kappa shape index (κ3) is 4.78. The number of hydrogen-bond donors (Lipinski definition) is 0. The summed E-state index contributed by atoms with van der Waals surface area (Å²) in [5, 5.41) is 8.48. The summed E-state index contributed by atoms with van der Waals surface area (Å²) in [5.41, 5.74) is -0.512. The molecule has 1 aliphatic carbocycles. The average Bonchev–Trinajstić information content (AvgIpc) is 3.49. The van der Waals surface area contributed by atoms with E-state index in [0.29, 0.717) is 36.6 Å². The van der Waals surface area contributed by atoms with Crippen molar-refractivity contribution in [2.75, 3.05) is 20.2 Å². The standard InChI is InChI=1S/C30H35F3N6O2/c1-20-7-6-10-37(13-20)14-21-11-24(30(31,32)33)25-16-38(27(40)39(25)15-21)23-9-5-8-22(12-23)29(17-28(2,18-29)41-4)26-35-34-19-36(26)3/h5,8-9,11-12,15-16,19-20H,6-7,10,13-14,17-18H2,1-4H3/t20-,28?,29?/m0/s1. The molecule has 4 aromatic rings. The fraction of sp³-hybridized carbons (Fsp3) is 0.500. The maximum atomic E-state index is 14.3. The molecule has 8 nitrogen and oxygen atoms in total. The molecule has 2 fully saturated rings. The highest BCUT2D eigenvalue weighted by Crippen LogP contribution is 2.55. The number of hydrogen-bond acceptors (Lipinski definition) is 5. The molecule has 1 saturated carbocycles. The predicted molar refractivity (Wildman–Crippen MR) is 148 cm³/mol. The lowest BCUT2D eigenvalue weighted by Crippen LogP contribution is -2.55. The van der Waals surface area contributed by atoms with Crippen LogP contribution in [-0.2, 0) is 29.9 Å². The Kier molecular flexibility index (Phi) is 6.65. The van der Waals surface area contributed by atoms with E-state index in [9.17, 15) is 18.0 Å². The number of alkyl halides is 3. The number of aromatic nitrogens is 5. The second-order valence-electron chi connectivity index (χ2n) is 12.2. The van der Waals surface area contributed by atoms with Gasteiger partial charge < -0.3 is 9.30 Å². The monoisotopic (exact) mass is 568 g/mol. The Morgan fingerprint density at radius 2 is 1.95 bits per heavy atom. The SMILES string of the molecule is COC1(C)CC(c2cccc(-n3cc4c(C(F)(F)F)cc(CN5CCC[C@H](C)C5)cn4c3=O)c2)(c2nncn2C)C1. The van der Waals surface area contributed by atoms with E-state index in [1.165, 1.54) is 16.8 Å². The van der Waals surface area contributed by atoms with E-state index in [0.717, 1.165) is 41.7 Å². The Bertz CT molecular complexity index is 1650. The number of methoxy groups -OCH3 is 1. The second-order valence-corrected chi connectivity index (χ2v) is 12.2. The van der Waals surface area contributed by atoms with E-state index in [4.69, 9.17) is 4.74 Å². The molecule has 218 valence electrons. The molecule has 11 heteroatoms. The van der Waals surface area contributed by atoms with Gasteiger partial charge in [-0.1, -0.05) is 19.1 Å². The largest absolute Gasteiger partial charge is 0.418 e. The lowest BCUT2D eigenvalue weighted by Gasteiger charge is -2.53. The van der Waals surface area contributed by atoms with Gasteiger partial charge >= 0.3 is 11.9 Å². The molecule has 0 bridgehead atoms. The highest BCUT2D eigenvalue weighted by atomic mass is 19.4. The van der Waals surface area contributed by atoms with Gasteiger partial charge in [-0.15, -0.1) is 10.2 Å². The van der Waals surface area contributed by atoms with Gasteiger partial charge in [0.2, 0.25) is 0 Å². The molecule has 1 atom stereocenters. The molecule has 6 rings (SSSR count). The van der Waals surface area contributed by atoms with Crippen LogP contribution in [0.15, 0.2) is 53.8 Å². The van der Waals surface area contributed by atoms with Gasteiger partial charge in [-0.3, -0.25) is 13.9 Å². The van der Waals surface area contributed by atoms with E-state index in [-0.39, 0.29) is 11.1 Å². The van der Waals surface area contributed by atoms with E-state index >= 15 is 0 Å². The molecule has 0 unspecified atom stereocenters. The lowest BCUT2D eigenvalue weighted by atomic mass is 9.56. The number of ether oxygens (including phenoxy) is 1. The fourth-order valence-corrected chi connectivity index (χ4v) is 6.96. The Morgan fingerprint density at radius 1 is 1.17 bits per heavy atom. The number of aryl methyl sites for hydroxylation is 1. The van der Waals surface area contributed by atoms with Gasteiger partial charge in [0.15, 0.2) is 0 Å². The maximum absolute atomic E-state index is 14.3. The average molecular weight is 569 g/mol. The van der Waals surface area contributed by atoms with Crippen LogP contribution in [0.3, 0.4) is 0 Å². The molecule has 0 N–H and O–H groups in total. The number of benzene rings is 1. The van der Waals surface area contributed by atoms with E-state index < -0.39 is 22.8 Å². The van der Waals surface area contributed by atoms with Crippen molar-refractivity contribution in [2.45, 2.75) is 63.3 Å². The predicted octanol–water partition coefficient (Wildman–Crippen LogP) is 4.95. The third-order valence-electron chi connectivity index (χ3n) is 8.94. The van der Waals surface area contributed by atoms with Gasteiger partial charge in [-0.05, 0) is 74.4 Å². The first-order chi connectivity index (χ1) is 19.4. The zero-order valence-corrected chi connectivity index (χ0v) is 23.8. The van der Waals surface area contributed by atoms with Gasteiger partial charge in [-0.2, -0.15) is 13.2 Å². The Balaban J connectivity index is 1.44. The summed E-state index contributed by atoms with van der Waals surface area (Å²) in [6, 6.07) is 8.60. The van der Waals surface area contributed by atoms with Gasteiger partial charge in [0, 0.05) is 39.6 Å². The minimum atomic E-state index is -4.61. The van der Waals surface area contributed by atoms with Gasteiger partial charge in [0.05, 0.1) is 27.8 Å². The molecule has 2 aliphatic rings. The highest BCUT2D eigenvalue weighted by Gasteiger charge is 2.56. The topological polar surface area (TPSA) is 69.6 Å². The maximum Gasteiger partial charge on any atom is 0.418 e. The molecule has 1 aliphatic heterocycles. The van der Waals surface area contributed by atoms with Crippen LogP contribution in [0.2, 0.25) is 0 Å². The number of piperidine rings is 1.